The van der Waals surface area contributed by atoms with E-state index in [9.17, 15) is 18.3 Å². The number of rotatable bonds is 14. The van der Waals surface area contributed by atoms with Crippen LogP contribution in [0.2, 0.25) is 0 Å². The fourth-order valence-corrected chi connectivity index (χ4v) is 5.23. The van der Waals surface area contributed by atoms with Crippen LogP contribution in [0.25, 0.3) is 0 Å². The molecule has 0 saturated heterocycles. The van der Waals surface area contributed by atoms with E-state index in [1.165, 1.54) is 4.31 Å². The van der Waals surface area contributed by atoms with Crippen molar-refractivity contribution >= 4 is 15.9 Å². The van der Waals surface area contributed by atoms with Gasteiger partial charge in [-0.3, -0.25) is 4.79 Å². The zero-order chi connectivity index (χ0) is 24.3. The Morgan fingerprint density at radius 2 is 1.73 bits per heavy atom. The van der Waals surface area contributed by atoms with Crippen LogP contribution < -0.4 is 10.1 Å². The van der Waals surface area contributed by atoms with Crippen molar-refractivity contribution in [2.75, 3.05) is 26.3 Å². The van der Waals surface area contributed by atoms with Gasteiger partial charge in [0.1, 0.15) is 5.75 Å². The van der Waals surface area contributed by atoms with Gasteiger partial charge in [-0.25, -0.2) is 8.42 Å². The summed E-state index contributed by atoms with van der Waals surface area (Å²) in [6.07, 6.45) is 1.85. The van der Waals surface area contributed by atoms with Gasteiger partial charge >= 0.3 is 0 Å². The molecule has 0 heterocycles. The summed E-state index contributed by atoms with van der Waals surface area (Å²) in [5, 5.41) is 12.8. The molecule has 8 heteroatoms. The summed E-state index contributed by atoms with van der Waals surface area (Å²) in [5.41, 5.74) is 0.985. The Morgan fingerprint density at radius 3 is 2.33 bits per heavy atom. The molecule has 0 aromatic heterocycles. The standard InChI is InChI=1S/C25H36N2O5S/c1-20(2)17-27(33(30,31)24-14-12-21(3)13-15-24)22(18-28)9-7-8-16-26-25(29)19-32-23-10-5-4-6-11-23/h4-6,10-15,20,22,28H,7-9,16-19H2,1-3H3,(H,26,29)/t22-/m0/s1. The molecule has 0 aliphatic carbocycles. The fraction of sp³-hybridized carbons (Fsp3) is 0.480. The monoisotopic (exact) mass is 476 g/mol. The van der Waals surface area contributed by atoms with Crippen LogP contribution in [0.1, 0.15) is 38.7 Å². The first-order valence-electron chi connectivity index (χ1n) is 11.4. The molecular weight excluding hydrogens is 440 g/mol. The molecule has 33 heavy (non-hydrogen) atoms. The van der Waals surface area contributed by atoms with Crippen LogP contribution in [-0.4, -0.2) is 56.1 Å². The molecule has 0 unspecified atom stereocenters. The van der Waals surface area contributed by atoms with Gasteiger partial charge in [0.25, 0.3) is 5.91 Å². The van der Waals surface area contributed by atoms with Crippen molar-refractivity contribution in [2.45, 2.75) is 51.0 Å². The van der Waals surface area contributed by atoms with Crippen LogP contribution in [0.5, 0.6) is 5.75 Å². The minimum Gasteiger partial charge on any atom is -0.484 e. The summed E-state index contributed by atoms with van der Waals surface area (Å²) in [6, 6.07) is 15.4. The summed E-state index contributed by atoms with van der Waals surface area (Å²) < 4.78 is 33.4. The number of ether oxygens (including phenoxy) is 1. The zero-order valence-electron chi connectivity index (χ0n) is 19.7. The molecule has 2 aromatic rings. The minimum atomic E-state index is -3.73. The highest BCUT2D eigenvalue weighted by Gasteiger charge is 2.31. The van der Waals surface area contributed by atoms with Crippen LogP contribution in [0.15, 0.2) is 59.5 Å². The lowest BCUT2D eigenvalue weighted by Gasteiger charge is -2.31. The fourth-order valence-electron chi connectivity index (χ4n) is 3.42. The molecule has 2 N–H and O–H groups in total. The van der Waals surface area contributed by atoms with E-state index >= 15 is 0 Å². The van der Waals surface area contributed by atoms with E-state index in [0.29, 0.717) is 38.1 Å². The average molecular weight is 477 g/mol. The first-order chi connectivity index (χ1) is 15.7. The molecule has 0 aliphatic rings. The lowest BCUT2D eigenvalue weighted by molar-refractivity contribution is -0.123. The SMILES string of the molecule is Cc1ccc(S(=O)(=O)N(CC(C)C)[C@H](CO)CCCCNC(=O)COc2ccccc2)cc1. The number of carbonyl (C=O) groups is 1. The van der Waals surface area contributed by atoms with Gasteiger partial charge in [-0.1, -0.05) is 56.2 Å². The van der Waals surface area contributed by atoms with Crippen LogP contribution >= 0.6 is 0 Å². The van der Waals surface area contributed by atoms with E-state index in [1.807, 2.05) is 39.0 Å². The average Bonchev–Trinajstić information content (AvgIpc) is 2.79. The maximum atomic E-state index is 13.3. The summed E-state index contributed by atoms with van der Waals surface area (Å²) >= 11 is 0. The second kappa shape index (κ2) is 13.3. The molecule has 2 aromatic carbocycles. The molecule has 2 rings (SSSR count). The summed E-state index contributed by atoms with van der Waals surface area (Å²) in [7, 11) is -3.73. The second-order valence-corrected chi connectivity index (χ2v) is 10.5. The van der Waals surface area contributed by atoms with Crippen molar-refractivity contribution in [3.05, 3.63) is 60.2 Å². The number of sulfonamides is 1. The van der Waals surface area contributed by atoms with E-state index in [-0.39, 0.29) is 29.9 Å². The Morgan fingerprint density at radius 1 is 1.06 bits per heavy atom. The lowest BCUT2D eigenvalue weighted by Crippen LogP contribution is -2.44. The van der Waals surface area contributed by atoms with Gasteiger partial charge in [-0.05, 0) is 49.9 Å². The van der Waals surface area contributed by atoms with Crippen molar-refractivity contribution in [3.63, 3.8) is 0 Å². The molecule has 7 nitrogen and oxygen atoms in total. The number of aliphatic hydroxyl groups is 1. The predicted molar refractivity (Wildman–Crippen MR) is 130 cm³/mol. The number of nitrogens with one attached hydrogen (secondary N) is 1. The Kier molecular flexibility index (Phi) is 10.8. The maximum Gasteiger partial charge on any atom is 0.257 e. The second-order valence-electron chi connectivity index (χ2n) is 8.57. The van der Waals surface area contributed by atoms with Gasteiger partial charge in [-0.2, -0.15) is 4.31 Å². The van der Waals surface area contributed by atoms with E-state index in [2.05, 4.69) is 5.32 Å². The van der Waals surface area contributed by atoms with Gasteiger partial charge in [-0.15, -0.1) is 0 Å². The van der Waals surface area contributed by atoms with Crippen molar-refractivity contribution in [1.29, 1.82) is 0 Å². The highest BCUT2D eigenvalue weighted by molar-refractivity contribution is 7.89. The number of para-hydroxylation sites is 1. The Bertz CT molecular complexity index is 947. The van der Waals surface area contributed by atoms with E-state index < -0.39 is 16.1 Å². The molecule has 0 fully saturated rings. The van der Waals surface area contributed by atoms with Crippen LogP contribution in [0, 0.1) is 12.8 Å². The number of benzene rings is 2. The van der Waals surface area contributed by atoms with Crippen molar-refractivity contribution < 1.29 is 23.1 Å². The molecule has 182 valence electrons. The quantitative estimate of drug-likeness (QED) is 0.408. The number of nitrogens with zero attached hydrogens (tertiary/aromatic N) is 1. The smallest absolute Gasteiger partial charge is 0.257 e. The van der Waals surface area contributed by atoms with E-state index in [1.54, 1.807) is 36.4 Å². The van der Waals surface area contributed by atoms with Crippen molar-refractivity contribution in [1.82, 2.24) is 9.62 Å². The highest BCUT2D eigenvalue weighted by Crippen LogP contribution is 2.23. The number of unbranched alkanes of at least 4 members (excludes halogenated alkanes) is 1. The largest absolute Gasteiger partial charge is 0.484 e. The van der Waals surface area contributed by atoms with E-state index in [0.717, 1.165) is 5.56 Å². The Balaban J connectivity index is 1.86. The third kappa shape index (κ3) is 8.79. The number of aliphatic hydroxyl groups excluding tert-OH is 1. The molecule has 0 saturated carbocycles. The third-order valence-corrected chi connectivity index (χ3v) is 7.12. The van der Waals surface area contributed by atoms with Crippen molar-refractivity contribution in [3.8, 4) is 5.75 Å². The van der Waals surface area contributed by atoms with Gasteiger partial charge < -0.3 is 15.2 Å². The molecular formula is C25H36N2O5S. The minimum absolute atomic E-state index is 0.0553. The first-order valence-corrected chi connectivity index (χ1v) is 12.8. The number of aryl methyl sites for hydroxylation is 1. The van der Waals surface area contributed by atoms with Crippen LogP contribution in [0.4, 0.5) is 0 Å². The van der Waals surface area contributed by atoms with Crippen LogP contribution in [-0.2, 0) is 14.8 Å². The van der Waals surface area contributed by atoms with Gasteiger partial charge in [0.2, 0.25) is 10.0 Å². The molecule has 1 amide bonds. The normalized spacial score (nSPS) is 12.7. The highest BCUT2D eigenvalue weighted by atomic mass is 32.2. The Labute approximate surface area is 197 Å². The van der Waals surface area contributed by atoms with Gasteiger partial charge in [0.05, 0.1) is 11.5 Å². The number of carbonyl (C=O) groups excluding carboxylic acids is 1. The topological polar surface area (TPSA) is 95.9 Å². The molecule has 0 radical (unpaired) electrons. The van der Waals surface area contributed by atoms with Gasteiger partial charge in [0.15, 0.2) is 6.61 Å². The molecule has 0 aliphatic heterocycles. The maximum absolute atomic E-state index is 13.3. The lowest BCUT2D eigenvalue weighted by atomic mass is 10.1. The van der Waals surface area contributed by atoms with Crippen molar-refractivity contribution in [2.24, 2.45) is 5.92 Å². The molecule has 1 atom stereocenters. The van der Waals surface area contributed by atoms with E-state index in [4.69, 9.17) is 4.74 Å². The summed E-state index contributed by atoms with van der Waals surface area (Å²) in [6.45, 7) is 6.30. The summed E-state index contributed by atoms with van der Waals surface area (Å²) in [4.78, 5) is 12.2. The third-order valence-electron chi connectivity index (χ3n) is 5.19. The predicted octanol–water partition coefficient (Wildman–Crippen LogP) is 3.37. The van der Waals surface area contributed by atoms with Gasteiger partial charge in [0, 0.05) is 19.1 Å². The number of hydrogen-bond donors (Lipinski definition) is 2. The van der Waals surface area contributed by atoms with Crippen LogP contribution in [0.3, 0.4) is 0 Å². The Hall–Kier alpha value is -2.42. The number of amides is 1. The first kappa shape index (κ1) is 26.8. The molecule has 0 spiro atoms. The summed E-state index contributed by atoms with van der Waals surface area (Å²) in [5.74, 6) is 0.544. The zero-order valence-corrected chi connectivity index (χ0v) is 20.6. The molecule has 0 bridgehead atoms. The number of hydrogen-bond acceptors (Lipinski definition) is 5.